The minimum absolute atomic E-state index is 0.208. The van der Waals surface area contributed by atoms with Crippen molar-refractivity contribution in [3.8, 4) is 0 Å². The van der Waals surface area contributed by atoms with Gasteiger partial charge in [-0.05, 0) is 25.0 Å². The fourth-order valence-corrected chi connectivity index (χ4v) is 2.20. The summed E-state index contributed by atoms with van der Waals surface area (Å²) in [6.45, 7) is 2.83. The molecule has 1 N–H and O–H groups in total. The topological polar surface area (TPSA) is 70.8 Å². The summed E-state index contributed by atoms with van der Waals surface area (Å²) in [4.78, 5) is 24.7. The van der Waals surface area contributed by atoms with Gasteiger partial charge in [0.2, 0.25) is 0 Å². The van der Waals surface area contributed by atoms with Gasteiger partial charge >= 0.3 is 5.97 Å². The van der Waals surface area contributed by atoms with E-state index in [0.29, 0.717) is 18.7 Å². The molecule has 1 aromatic heterocycles. The van der Waals surface area contributed by atoms with Crippen LogP contribution in [-0.4, -0.2) is 35.0 Å². The Kier molecular flexibility index (Phi) is 3.69. The lowest BCUT2D eigenvalue weighted by Gasteiger charge is -2.29. The first-order chi connectivity index (χ1) is 8.61. The number of aliphatic carboxylic acids is 1. The molecule has 1 aliphatic rings. The van der Waals surface area contributed by atoms with Crippen molar-refractivity contribution < 1.29 is 19.1 Å². The molecule has 1 fully saturated rings. The van der Waals surface area contributed by atoms with E-state index in [0.717, 1.165) is 18.6 Å². The van der Waals surface area contributed by atoms with Crippen LogP contribution in [0.15, 0.2) is 16.5 Å². The maximum atomic E-state index is 12.1. The SMILES string of the molecule is CCc1ccc(C(=O)N2CCC[C@@H](C(=O)O)C2)o1. The Morgan fingerprint density at radius 1 is 1.50 bits per heavy atom. The number of hydrogen-bond acceptors (Lipinski definition) is 3. The molecule has 0 unspecified atom stereocenters. The molecular formula is C13H17NO4. The van der Waals surface area contributed by atoms with Gasteiger partial charge in [-0.25, -0.2) is 0 Å². The molecule has 0 spiro atoms. The molecule has 0 aromatic carbocycles. The van der Waals surface area contributed by atoms with E-state index in [9.17, 15) is 9.59 Å². The Labute approximate surface area is 105 Å². The Hall–Kier alpha value is -1.78. The summed E-state index contributed by atoms with van der Waals surface area (Å²) in [6, 6.07) is 3.44. The van der Waals surface area contributed by atoms with Crippen LogP contribution in [0.3, 0.4) is 0 Å². The summed E-state index contributed by atoms with van der Waals surface area (Å²) in [5.41, 5.74) is 0. The Balaban J connectivity index is 2.06. The monoisotopic (exact) mass is 251 g/mol. The van der Waals surface area contributed by atoms with Gasteiger partial charge in [-0.2, -0.15) is 0 Å². The van der Waals surface area contributed by atoms with E-state index in [4.69, 9.17) is 9.52 Å². The molecule has 0 radical (unpaired) electrons. The van der Waals surface area contributed by atoms with Crippen LogP contribution in [0.4, 0.5) is 0 Å². The number of aryl methyl sites for hydroxylation is 1. The number of nitrogens with zero attached hydrogens (tertiary/aromatic N) is 1. The first-order valence-corrected chi connectivity index (χ1v) is 6.22. The highest BCUT2D eigenvalue weighted by Crippen LogP contribution is 2.19. The first kappa shape index (κ1) is 12.7. The zero-order valence-corrected chi connectivity index (χ0v) is 10.4. The van der Waals surface area contributed by atoms with Crippen molar-refractivity contribution in [2.75, 3.05) is 13.1 Å². The number of carbonyl (C=O) groups excluding carboxylic acids is 1. The van der Waals surface area contributed by atoms with Crippen LogP contribution in [0.5, 0.6) is 0 Å². The van der Waals surface area contributed by atoms with Crippen LogP contribution in [0.25, 0.3) is 0 Å². The quantitative estimate of drug-likeness (QED) is 0.888. The van der Waals surface area contributed by atoms with Crippen molar-refractivity contribution in [2.45, 2.75) is 26.2 Å². The van der Waals surface area contributed by atoms with Crippen LogP contribution >= 0.6 is 0 Å². The van der Waals surface area contributed by atoms with Crippen molar-refractivity contribution in [3.05, 3.63) is 23.7 Å². The number of rotatable bonds is 3. The Morgan fingerprint density at radius 2 is 2.28 bits per heavy atom. The van der Waals surface area contributed by atoms with Gasteiger partial charge in [0.05, 0.1) is 5.92 Å². The van der Waals surface area contributed by atoms with Crippen LogP contribution in [0, 0.1) is 5.92 Å². The van der Waals surface area contributed by atoms with Crippen LogP contribution < -0.4 is 0 Å². The number of hydrogen-bond donors (Lipinski definition) is 1. The molecule has 18 heavy (non-hydrogen) atoms. The second-order valence-corrected chi connectivity index (χ2v) is 4.55. The maximum absolute atomic E-state index is 12.1. The average molecular weight is 251 g/mol. The number of likely N-dealkylation sites (tertiary alicyclic amines) is 1. The predicted molar refractivity (Wildman–Crippen MR) is 64.3 cm³/mol. The standard InChI is InChI=1S/C13H17NO4/c1-2-10-5-6-11(18-10)12(15)14-7-3-4-9(8-14)13(16)17/h5-6,9H,2-4,7-8H2,1H3,(H,16,17)/t9-/m1/s1. The first-order valence-electron chi connectivity index (χ1n) is 6.22. The number of carbonyl (C=O) groups is 2. The van der Waals surface area contributed by atoms with E-state index in [2.05, 4.69) is 0 Å². The maximum Gasteiger partial charge on any atom is 0.308 e. The number of carboxylic acids is 1. The Morgan fingerprint density at radius 3 is 2.89 bits per heavy atom. The van der Waals surface area contributed by atoms with E-state index in [1.165, 1.54) is 0 Å². The van der Waals surface area contributed by atoms with Gasteiger partial charge in [0, 0.05) is 19.5 Å². The molecule has 1 saturated heterocycles. The fraction of sp³-hybridized carbons (Fsp3) is 0.538. The third-order valence-corrected chi connectivity index (χ3v) is 3.28. The molecule has 5 nitrogen and oxygen atoms in total. The van der Waals surface area contributed by atoms with Crippen LogP contribution in [0.1, 0.15) is 36.1 Å². The van der Waals surface area contributed by atoms with Crippen molar-refractivity contribution in [1.29, 1.82) is 0 Å². The largest absolute Gasteiger partial charge is 0.481 e. The van der Waals surface area contributed by atoms with Crippen molar-refractivity contribution >= 4 is 11.9 Å². The van der Waals surface area contributed by atoms with E-state index in [1.54, 1.807) is 17.0 Å². The summed E-state index contributed by atoms with van der Waals surface area (Å²) in [5, 5.41) is 8.99. The van der Waals surface area contributed by atoms with Gasteiger partial charge in [-0.3, -0.25) is 9.59 Å². The zero-order chi connectivity index (χ0) is 13.1. The molecule has 2 rings (SSSR count). The van der Waals surface area contributed by atoms with E-state index < -0.39 is 11.9 Å². The summed E-state index contributed by atoms with van der Waals surface area (Å²) in [7, 11) is 0. The molecule has 1 amide bonds. The lowest BCUT2D eigenvalue weighted by atomic mass is 9.98. The summed E-state index contributed by atoms with van der Waals surface area (Å²) in [5.74, 6) is -0.423. The highest BCUT2D eigenvalue weighted by molar-refractivity contribution is 5.92. The van der Waals surface area contributed by atoms with Crippen molar-refractivity contribution in [1.82, 2.24) is 4.90 Å². The molecule has 5 heteroatoms. The van der Waals surface area contributed by atoms with Gasteiger partial charge in [0.1, 0.15) is 5.76 Å². The number of carboxylic acid groups (broad SMARTS) is 1. The summed E-state index contributed by atoms with van der Waals surface area (Å²) in [6.07, 6.45) is 2.10. The molecule has 1 aliphatic heterocycles. The summed E-state index contributed by atoms with van der Waals surface area (Å²) >= 11 is 0. The van der Waals surface area contributed by atoms with Gasteiger partial charge in [-0.15, -0.1) is 0 Å². The van der Waals surface area contributed by atoms with Gasteiger partial charge in [0.15, 0.2) is 5.76 Å². The molecule has 1 atom stereocenters. The lowest BCUT2D eigenvalue weighted by molar-refractivity contribution is -0.143. The number of furan rings is 1. The highest BCUT2D eigenvalue weighted by atomic mass is 16.4. The number of piperidine rings is 1. The average Bonchev–Trinajstić information content (AvgIpc) is 2.86. The fourth-order valence-electron chi connectivity index (χ4n) is 2.20. The van der Waals surface area contributed by atoms with Gasteiger partial charge in [-0.1, -0.05) is 6.92 Å². The van der Waals surface area contributed by atoms with E-state index in [1.807, 2.05) is 6.92 Å². The molecule has 1 aromatic rings. The van der Waals surface area contributed by atoms with Gasteiger partial charge < -0.3 is 14.4 Å². The third kappa shape index (κ3) is 2.55. The number of amides is 1. The van der Waals surface area contributed by atoms with Crippen molar-refractivity contribution in [3.63, 3.8) is 0 Å². The smallest absolute Gasteiger partial charge is 0.308 e. The second-order valence-electron chi connectivity index (χ2n) is 4.55. The van der Waals surface area contributed by atoms with Crippen molar-refractivity contribution in [2.24, 2.45) is 5.92 Å². The normalized spacial score (nSPS) is 19.8. The summed E-state index contributed by atoms with van der Waals surface area (Å²) < 4.78 is 5.40. The van der Waals surface area contributed by atoms with E-state index in [-0.39, 0.29) is 12.5 Å². The third-order valence-electron chi connectivity index (χ3n) is 3.28. The molecular weight excluding hydrogens is 234 g/mol. The lowest BCUT2D eigenvalue weighted by Crippen LogP contribution is -2.42. The minimum Gasteiger partial charge on any atom is -0.481 e. The van der Waals surface area contributed by atoms with E-state index >= 15 is 0 Å². The second kappa shape index (κ2) is 5.25. The minimum atomic E-state index is -0.832. The molecule has 0 saturated carbocycles. The Bertz CT molecular complexity index is 452. The molecule has 0 bridgehead atoms. The van der Waals surface area contributed by atoms with Crippen LogP contribution in [0.2, 0.25) is 0 Å². The predicted octanol–water partition coefficient (Wildman–Crippen LogP) is 1.78. The zero-order valence-electron chi connectivity index (χ0n) is 10.4. The highest BCUT2D eigenvalue weighted by Gasteiger charge is 2.29. The van der Waals surface area contributed by atoms with Gasteiger partial charge in [0.25, 0.3) is 5.91 Å². The van der Waals surface area contributed by atoms with Crippen LogP contribution in [-0.2, 0) is 11.2 Å². The molecule has 98 valence electrons. The molecule has 0 aliphatic carbocycles. The molecule has 2 heterocycles.